The summed E-state index contributed by atoms with van der Waals surface area (Å²) in [5.74, 6) is -0.290. The van der Waals surface area contributed by atoms with Crippen LogP contribution in [0.4, 0.5) is 11.4 Å². The molecule has 6 heteroatoms. The summed E-state index contributed by atoms with van der Waals surface area (Å²) in [4.78, 5) is 22.6. The molecule has 1 amide bonds. The van der Waals surface area contributed by atoms with E-state index in [0.29, 0.717) is 5.69 Å². The fraction of sp³-hybridized carbons (Fsp3) is 0.188. The van der Waals surface area contributed by atoms with Gasteiger partial charge in [-0.3, -0.25) is 14.9 Å². The van der Waals surface area contributed by atoms with E-state index >= 15 is 0 Å². The first-order valence-electron chi connectivity index (χ1n) is 6.63. The van der Waals surface area contributed by atoms with Gasteiger partial charge in [0.25, 0.3) is 5.91 Å². The molecule has 0 aliphatic carbocycles. The van der Waals surface area contributed by atoms with E-state index in [1.54, 1.807) is 6.07 Å². The van der Waals surface area contributed by atoms with E-state index in [4.69, 9.17) is 4.74 Å². The molecule has 2 aromatic rings. The number of anilines is 1. The average molecular weight is 300 g/mol. The number of methoxy groups -OCH3 is 1. The molecule has 2 aromatic carbocycles. The standard InChI is InChI=1S/C16H16N2O4/c1-10-4-6-13(8-11(10)2)17-16(19)12-5-7-15(22-3)14(9-12)18(20)21/h4-9H,1-3H3,(H,17,19). The monoisotopic (exact) mass is 300 g/mol. The molecule has 0 atom stereocenters. The molecule has 0 aliphatic rings. The maximum atomic E-state index is 12.2. The second kappa shape index (κ2) is 6.26. The number of hydrogen-bond donors (Lipinski definition) is 1. The van der Waals surface area contributed by atoms with Gasteiger partial charge in [0.15, 0.2) is 5.75 Å². The minimum absolute atomic E-state index is 0.118. The Morgan fingerprint density at radius 1 is 1.14 bits per heavy atom. The molecule has 0 saturated carbocycles. The zero-order chi connectivity index (χ0) is 16.3. The summed E-state index contributed by atoms with van der Waals surface area (Å²) in [6, 6.07) is 9.65. The number of benzene rings is 2. The van der Waals surface area contributed by atoms with Gasteiger partial charge in [0.05, 0.1) is 12.0 Å². The van der Waals surface area contributed by atoms with E-state index in [1.165, 1.54) is 25.3 Å². The Morgan fingerprint density at radius 2 is 1.86 bits per heavy atom. The van der Waals surface area contributed by atoms with Crippen molar-refractivity contribution in [3.8, 4) is 5.75 Å². The first-order chi connectivity index (χ1) is 10.4. The van der Waals surface area contributed by atoms with Crippen LogP contribution in [0.5, 0.6) is 5.75 Å². The molecule has 0 aliphatic heterocycles. The van der Waals surface area contributed by atoms with Gasteiger partial charge in [0.2, 0.25) is 0 Å². The van der Waals surface area contributed by atoms with Crippen LogP contribution in [-0.2, 0) is 0 Å². The third-order valence-electron chi connectivity index (χ3n) is 3.40. The zero-order valence-corrected chi connectivity index (χ0v) is 12.5. The highest BCUT2D eigenvalue weighted by Gasteiger charge is 2.18. The fourth-order valence-corrected chi connectivity index (χ4v) is 2.00. The number of aryl methyl sites for hydroxylation is 2. The van der Waals surface area contributed by atoms with Crippen LogP contribution in [0.3, 0.4) is 0 Å². The zero-order valence-electron chi connectivity index (χ0n) is 12.5. The molecule has 0 aromatic heterocycles. The summed E-state index contributed by atoms with van der Waals surface area (Å²) in [5.41, 5.74) is 2.78. The number of hydrogen-bond acceptors (Lipinski definition) is 4. The first-order valence-corrected chi connectivity index (χ1v) is 6.63. The molecule has 2 rings (SSSR count). The summed E-state index contributed by atoms with van der Waals surface area (Å²) in [5, 5.41) is 13.7. The summed E-state index contributed by atoms with van der Waals surface area (Å²) in [6.45, 7) is 3.93. The van der Waals surface area contributed by atoms with Gasteiger partial charge in [-0.1, -0.05) is 6.07 Å². The van der Waals surface area contributed by atoms with Crippen LogP contribution in [0.2, 0.25) is 0 Å². The van der Waals surface area contributed by atoms with Crippen molar-refractivity contribution in [1.82, 2.24) is 0 Å². The quantitative estimate of drug-likeness (QED) is 0.692. The van der Waals surface area contributed by atoms with Crippen LogP contribution in [0.25, 0.3) is 0 Å². The minimum atomic E-state index is -0.578. The molecule has 0 radical (unpaired) electrons. The van der Waals surface area contributed by atoms with Crippen molar-refractivity contribution >= 4 is 17.3 Å². The Hall–Kier alpha value is -2.89. The maximum Gasteiger partial charge on any atom is 0.311 e. The van der Waals surface area contributed by atoms with Gasteiger partial charge < -0.3 is 10.1 Å². The summed E-state index contributed by atoms with van der Waals surface area (Å²) >= 11 is 0. The van der Waals surface area contributed by atoms with Crippen molar-refractivity contribution in [1.29, 1.82) is 0 Å². The number of nitrogens with zero attached hydrogens (tertiary/aromatic N) is 1. The Balaban J connectivity index is 2.27. The van der Waals surface area contributed by atoms with Gasteiger partial charge in [0, 0.05) is 17.3 Å². The third-order valence-corrected chi connectivity index (χ3v) is 3.40. The molecule has 0 bridgehead atoms. The number of ether oxygens (including phenoxy) is 1. The smallest absolute Gasteiger partial charge is 0.311 e. The highest BCUT2D eigenvalue weighted by molar-refractivity contribution is 6.04. The van der Waals surface area contributed by atoms with Crippen molar-refractivity contribution in [3.05, 3.63) is 63.2 Å². The number of nitro groups is 1. The molecule has 114 valence electrons. The normalized spacial score (nSPS) is 10.1. The van der Waals surface area contributed by atoms with Crippen LogP contribution in [-0.4, -0.2) is 17.9 Å². The van der Waals surface area contributed by atoms with Gasteiger partial charge in [-0.25, -0.2) is 0 Å². The lowest BCUT2D eigenvalue weighted by Gasteiger charge is -2.08. The highest BCUT2D eigenvalue weighted by atomic mass is 16.6. The van der Waals surface area contributed by atoms with Crippen molar-refractivity contribution in [2.24, 2.45) is 0 Å². The van der Waals surface area contributed by atoms with Crippen LogP contribution < -0.4 is 10.1 Å². The van der Waals surface area contributed by atoms with Gasteiger partial charge in [0.1, 0.15) is 0 Å². The van der Waals surface area contributed by atoms with Crippen LogP contribution in [0.15, 0.2) is 36.4 Å². The molecule has 1 N–H and O–H groups in total. The molecule has 0 unspecified atom stereocenters. The summed E-state index contributed by atoms with van der Waals surface area (Å²) in [6.07, 6.45) is 0. The van der Waals surface area contributed by atoms with E-state index in [2.05, 4.69) is 5.32 Å². The van der Waals surface area contributed by atoms with E-state index in [9.17, 15) is 14.9 Å². The summed E-state index contributed by atoms with van der Waals surface area (Å²) in [7, 11) is 1.34. The van der Waals surface area contributed by atoms with Gasteiger partial charge in [-0.2, -0.15) is 0 Å². The molecule has 0 saturated heterocycles. The topological polar surface area (TPSA) is 81.5 Å². The second-order valence-corrected chi connectivity index (χ2v) is 4.90. The molecular formula is C16H16N2O4. The predicted octanol–water partition coefficient (Wildman–Crippen LogP) is 3.47. The maximum absolute atomic E-state index is 12.2. The number of nitrogens with one attached hydrogen (secondary N) is 1. The molecule has 0 heterocycles. The van der Waals surface area contributed by atoms with Crippen molar-refractivity contribution < 1.29 is 14.5 Å². The second-order valence-electron chi connectivity index (χ2n) is 4.90. The predicted molar refractivity (Wildman–Crippen MR) is 83.5 cm³/mol. The highest BCUT2D eigenvalue weighted by Crippen LogP contribution is 2.28. The number of amides is 1. The largest absolute Gasteiger partial charge is 0.490 e. The lowest BCUT2D eigenvalue weighted by Crippen LogP contribution is -2.12. The number of carbonyl (C=O) groups excluding carboxylic acids is 1. The van der Waals surface area contributed by atoms with Gasteiger partial charge in [-0.05, 0) is 49.2 Å². The number of nitro benzene ring substituents is 1. The SMILES string of the molecule is COc1ccc(C(=O)Nc2ccc(C)c(C)c2)cc1[N+](=O)[O-]. The minimum Gasteiger partial charge on any atom is -0.490 e. The Labute approximate surface area is 127 Å². The van der Waals surface area contributed by atoms with E-state index < -0.39 is 10.8 Å². The van der Waals surface area contributed by atoms with Gasteiger partial charge in [-0.15, -0.1) is 0 Å². The Kier molecular flexibility index (Phi) is 4.41. The van der Waals surface area contributed by atoms with Crippen molar-refractivity contribution in [3.63, 3.8) is 0 Å². The third kappa shape index (κ3) is 3.22. The van der Waals surface area contributed by atoms with Crippen LogP contribution in [0.1, 0.15) is 21.5 Å². The van der Waals surface area contributed by atoms with E-state index in [1.807, 2.05) is 26.0 Å². The van der Waals surface area contributed by atoms with Crippen LogP contribution >= 0.6 is 0 Å². The molecular weight excluding hydrogens is 284 g/mol. The number of carbonyl (C=O) groups is 1. The lowest BCUT2D eigenvalue weighted by atomic mass is 10.1. The van der Waals surface area contributed by atoms with E-state index in [0.717, 1.165) is 11.1 Å². The lowest BCUT2D eigenvalue weighted by molar-refractivity contribution is -0.385. The molecule has 22 heavy (non-hydrogen) atoms. The fourth-order valence-electron chi connectivity index (χ4n) is 2.00. The summed E-state index contributed by atoms with van der Waals surface area (Å²) < 4.78 is 4.92. The molecule has 6 nitrogen and oxygen atoms in total. The van der Waals surface area contributed by atoms with Gasteiger partial charge >= 0.3 is 5.69 Å². The first kappa shape index (κ1) is 15.5. The molecule has 0 fully saturated rings. The Bertz CT molecular complexity index is 741. The van der Waals surface area contributed by atoms with Crippen LogP contribution in [0, 0.1) is 24.0 Å². The molecule has 0 spiro atoms. The number of rotatable bonds is 4. The van der Waals surface area contributed by atoms with E-state index in [-0.39, 0.29) is 17.0 Å². The average Bonchev–Trinajstić information content (AvgIpc) is 2.50. The van der Waals surface area contributed by atoms with Crippen molar-refractivity contribution in [2.45, 2.75) is 13.8 Å². The Morgan fingerprint density at radius 3 is 2.45 bits per heavy atom. The van der Waals surface area contributed by atoms with Crippen molar-refractivity contribution in [2.75, 3.05) is 12.4 Å².